The molecule has 0 saturated heterocycles. The first-order valence-electron chi connectivity index (χ1n) is 4.98. The topological polar surface area (TPSA) is 55.1 Å². The van der Waals surface area contributed by atoms with E-state index in [1.54, 1.807) is 0 Å². The fourth-order valence-electron chi connectivity index (χ4n) is 1.71. The Morgan fingerprint density at radius 1 is 1.33 bits per heavy atom. The van der Waals surface area contributed by atoms with Gasteiger partial charge in [-0.1, -0.05) is 23.8 Å². The molecular formula is C12H18N2O. The number of amides is 1. The number of carbonyl (C=O) groups is 1. The van der Waals surface area contributed by atoms with Crippen LogP contribution >= 0.6 is 0 Å². The SMILES string of the molecule is Cc1ccc(C)c(C(C)(C)C(=O)NN)c1. The number of hydrogen-bond donors (Lipinski definition) is 2. The summed E-state index contributed by atoms with van der Waals surface area (Å²) >= 11 is 0. The molecule has 0 aliphatic rings. The van der Waals surface area contributed by atoms with Gasteiger partial charge in [0.2, 0.25) is 5.91 Å². The van der Waals surface area contributed by atoms with Gasteiger partial charge in [-0.25, -0.2) is 5.84 Å². The Hall–Kier alpha value is -1.35. The van der Waals surface area contributed by atoms with Crippen LogP contribution in [0.15, 0.2) is 18.2 Å². The quantitative estimate of drug-likeness (QED) is 0.438. The van der Waals surface area contributed by atoms with Gasteiger partial charge in [0.15, 0.2) is 0 Å². The Bertz CT molecular complexity index is 383. The second-order valence-electron chi connectivity index (χ2n) is 4.42. The minimum Gasteiger partial charge on any atom is -0.294 e. The second-order valence-corrected chi connectivity index (χ2v) is 4.42. The molecule has 0 unspecified atom stereocenters. The van der Waals surface area contributed by atoms with Crippen molar-refractivity contribution in [2.45, 2.75) is 33.1 Å². The van der Waals surface area contributed by atoms with Gasteiger partial charge >= 0.3 is 0 Å². The average molecular weight is 206 g/mol. The van der Waals surface area contributed by atoms with Crippen LogP contribution in [0.1, 0.15) is 30.5 Å². The number of carbonyl (C=O) groups excluding carboxylic acids is 1. The normalized spacial score (nSPS) is 11.3. The Labute approximate surface area is 90.6 Å². The lowest BCUT2D eigenvalue weighted by molar-refractivity contribution is -0.125. The first kappa shape index (κ1) is 11.7. The molecule has 0 saturated carbocycles. The molecular weight excluding hydrogens is 188 g/mol. The highest BCUT2D eigenvalue weighted by Gasteiger charge is 2.30. The molecule has 82 valence electrons. The summed E-state index contributed by atoms with van der Waals surface area (Å²) in [5, 5.41) is 0. The number of hydrazine groups is 1. The van der Waals surface area contributed by atoms with Gasteiger partial charge in [-0.3, -0.25) is 10.2 Å². The van der Waals surface area contributed by atoms with Gasteiger partial charge in [0.1, 0.15) is 0 Å². The van der Waals surface area contributed by atoms with Gasteiger partial charge in [-0.15, -0.1) is 0 Å². The zero-order valence-corrected chi connectivity index (χ0v) is 9.72. The van der Waals surface area contributed by atoms with Gasteiger partial charge in [0, 0.05) is 0 Å². The van der Waals surface area contributed by atoms with Gasteiger partial charge < -0.3 is 0 Å². The highest BCUT2D eigenvalue weighted by atomic mass is 16.2. The molecule has 0 atom stereocenters. The fraction of sp³-hybridized carbons (Fsp3) is 0.417. The highest BCUT2D eigenvalue weighted by Crippen LogP contribution is 2.27. The summed E-state index contributed by atoms with van der Waals surface area (Å²) < 4.78 is 0. The Morgan fingerprint density at radius 3 is 2.47 bits per heavy atom. The standard InChI is InChI=1S/C12H18N2O/c1-8-5-6-9(2)10(7-8)12(3,4)11(15)14-13/h5-7H,13H2,1-4H3,(H,14,15). The maximum absolute atomic E-state index is 11.7. The van der Waals surface area contributed by atoms with Crippen molar-refractivity contribution in [2.75, 3.05) is 0 Å². The molecule has 3 heteroatoms. The molecule has 0 fully saturated rings. The fourth-order valence-corrected chi connectivity index (χ4v) is 1.71. The summed E-state index contributed by atoms with van der Waals surface area (Å²) in [4.78, 5) is 11.7. The second kappa shape index (κ2) is 4.03. The first-order chi connectivity index (χ1) is 6.89. The van der Waals surface area contributed by atoms with Crippen molar-refractivity contribution >= 4 is 5.91 Å². The number of nitrogens with one attached hydrogen (secondary N) is 1. The lowest BCUT2D eigenvalue weighted by atomic mass is 9.80. The van der Waals surface area contributed by atoms with E-state index in [1.807, 2.05) is 45.9 Å². The summed E-state index contributed by atoms with van der Waals surface area (Å²) in [6.07, 6.45) is 0. The van der Waals surface area contributed by atoms with Crippen LogP contribution in [0.4, 0.5) is 0 Å². The smallest absolute Gasteiger partial charge is 0.243 e. The van der Waals surface area contributed by atoms with Gasteiger partial charge in [0.25, 0.3) is 0 Å². The van der Waals surface area contributed by atoms with Crippen molar-refractivity contribution in [1.29, 1.82) is 0 Å². The monoisotopic (exact) mass is 206 g/mol. The molecule has 1 aromatic carbocycles. The molecule has 0 spiro atoms. The van der Waals surface area contributed by atoms with E-state index >= 15 is 0 Å². The van der Waals surface area contributed by atoms with Crippen molar-refractivity contribution in [1.82, 2.24) is 5.43 Å². The molecule has 0 bridgehead atoms. The van der Waals surface area contributed by atoms with E-state index in [-0.39, 0.29) is 5.91 Å². The van der Waals surface area contributed by atoms with Gasteiger partial charge in [-0.05, 0) is 38.8 Å². The summed E-state index contributed by atoms with van der Waals surface area (Å²) in [5.41, 5.74) is 4.89. The van der Waals surface area contributed by atoms with Crippen LogP contribution in [0.2, 0.25) is 0 Å². The third kappa shape index (κ3) is 2.18. The molecule has 3 N–H and O–H groups in total. The molecule has 1 aromatic rings. The van der Waals surface area contributed by atoms with Crippen LogP contribution in [-0.2, 0) is 10.2 Å². The van der Waals surface area contributed by atoms with Crippen LogP contribution in [0, 0.1) is 13.8 Å². The zero-order chi connectivity index (χ0) is 11.6. The largest absolute Gasteiger partial charge is 0.294 e. The Kier molecular flexibility index (Phi) is 3.15. The minimum atomic E-state index is -0.592. The van der Waals surface area contributed by atoms with Crippen molar-refractivity contribution in [3.05, 3.63) is 34.9 Å². The molecule has 1 amide bonds. The van der Waals surface area contributed by atoms with E-state index < -0.39 is 5.41 Å². The molecule has 0 aliphatic carbocycles. The minimum absolute atomic E-state index is 0.170. The number of hydrogen-bond acceptors (Lipinski definition) is 2. The van der Waals surface area contributed by atoms with Crippen LogP contribution in [0.25, 0.3) is 0 Å². The van der Waals surface area contributed by atoms with Crippen LogP contribution in [0.3, 0.4) is 0 Å². The maximum atomic E-state index is 11.7. The van der Waals surface area contributed by atoms with Crippen molar-refractivity contribution < 1.29 is 4.79 Å². The molecule has 0 aliphatic heterocycles. The zero-order valence-electron chi connectivity index (χ0n) is 9.72. The third-order valence-electron chi connectivity index (χ3n) is 2.77. The molecule has 15 heavy (non-hydrogen) atoms. The molecule has 1 rings (SSSR count). The van der Waals surface area contributed by atoms with Crippen molar-refractivity contribution in [2.24, 2.45) is 5.84 Å². The number of benzene rings is 1. The molecule has 0 radical (unpaired) electrons. The summed E-state index contributed by atoms with van der Waals surface area (Å²) in [6, 6.07) is 6.09. The number of aryl methyl sites for hydroxylation is 2. The van der Waals surface area contributed by atoms with E-state index in [1.165, 1.54) is 0 Å². The van der Waals surface area contributed by atoms with Crippen LogP contribution < -0.4 is 11.3 Å². The van der Waals surface area contributed by atoms with E-state index in [4.69, 9.17) is 5.84 Å². The Balaban J connectivity index is 3.25. The number of nitrogens with two attached hydrogens (primary N) is 1. The number of rotatable bonds is 2. The van der Waals surface area contributed by atoms with E-state index in [0.29, 0.717) is 0 Å². The predicted octanol–water partition coefficient (Wildman–Crippen LogP) is 1.57. The first-order valence-corrected chi connectivity index (χ1v) is 4.98. The Morgan fingerprint density at radius 2 is 1.93 bits per heavy atom. The summed E-state index contributed by atoms with van der Waals surface area (Å²) in [5.74, 6) is 5.01. The van der Waals surface area contributed by atoms with Crippen LogP contribution in [0.5, 0.6) is 0 Å². The average Bonchev–Trinajstić information content (AvgIpc) is 2.20. The summed E-state index contributed by atoms with van der Waals surface area (Å²) in [7, 11) is 0. The van der Waals surface area contributed by atoms with E-state index in [2.05, 4.69) is 5.43 Å². The predicted molar refractivity (Wildman–Crippen MR) is 61.3 cm³/mol. The molecule has 0 heterocycles. The highest BCUT2D eigenvalue weighted by molar-refractivity contribution is 5.87. The van der Waals surface area contributed by atoms with Gasteiger partial charge in [0.05, 0.1) is 5.41 Å². The van der Waals surface area contributed by atoms with E-state index in [9.17, 15) is 4.79 Å². The van der Waals surface area contributed by atoms with E-state index in [0.717, 1.165) is 16.7 Å². The lowest BCUT2D eigenvalue weighted by Crippen LogP contribution is -2.44. The lowest BCUT2D eigenvalue weighted by Gasteiger charge is -2.25. The molecule has 3 nitrogen and oxygen atoms in total. The summed E-state index contributed by atoms with van der Waals surface area (Å²) in [6.45, 7) is 7.76. The van der Waals surface area contributed by atoms with Crippen molar-refractivity contribution in [3.63, 3.8) is 0 Å². The third-order valence-corrected chi connectivity index (χ3v) is 2.77. The molecule has 0 aromatic heterocycles. The van der Waals surface area contributed by atoms with Crippen molar-refractivity contribution in [3.8, 4) is 0 Å². The van der Waals surface area contributed by atoms with Crippen LogP contribution in [-0.4, -0.2) is 5.91 Å². The van der Waals surface area contributed by atoms with Gasteiger partial charge in [-0.2, -0.15) is 0 Å². The maximum Gasteiger partial charge on any atom is 0.243 e.